The summed E-state index contributed by atoms with van der Waals surface area (Å²) in [5.74, 6) is -0.159. The molecule has 1 heterocycles. The van der Waals surface area contributed by atoms with E-state index in [-0.39, 0.29) is 5.91 Å². The summed E-state index contributed by atoms with van der Waals surface area (Å²) in [6.45, 7) is 1.89. The van der Waals surface area contributed by atoms with Gasteiger partial charge < -0.3 is 0 Å². The topological polar surface area (TPSA) is 68.0 Å². The van der Waals surface area contributed by atoms with Crippen LogP contribution in [-0.4, -0.2) is 10.9 Å². The average Bonchev–Trinajstić information content (AvgIpc) is 2.75. The van der Waals surface area contributed by atoms with Crippen LogP contribution in [0.25, 0.3) is 0 Å². The summed E-state index contributed by atoms with van der Waals surface area (Å²) in [6.07, 6.45) is 0. The first-order valence-electron chi connectivity index (χ1n) is 4.89. The van der Waals surface area contributed by atoms with Crippen molar-refractivity contribution in [1.29, 1.82) is 0 Å². The third-order valence-corrected chi connectivity index (χ3v) is 3.51. The first kappa shape index (κ1) is 12.1. The molecule has 6 heteroatoms. The van der Waals surface area contributed by atoms with Crippen molar-refractivity contribution in [3.8, 4) is 0 Å². The van der Waals surface area contributed by atoms with Gasteiger partial charge in [0.2, 0.25) is 0 Å². The van der Waals surface area contributed by atoms with Crippen LogP contribution in [0.3, 0.4) is 0 Å². The van der Waals surface area contributed by atoms with E-state index in [9.17, 15) is 4.79 Å². The van der Waals surface area contributed by atoms with Gasteiger partial charge >= 0.3 is 0 Å². The van der Waals surface area contributed by atoms with Gasteiger partial charge in [0.25, 0.3) is 5.91 Å². The Morgan fingerprint density at radius 1 is 1.41 bits per heavy atom. The molecule has 0 atom stereocenters. The van der Waals surface area contributed by atoms with Gasteiger partial charge in [-0.1, -0.05) is 0 Å². The molecule has 0 aliphatic carbocycles. The molecule has 2 aromatic rings. The predicted molar refractivity (Wildman–Crippen MR) is 71.3 cm³/mol. The number of thiazole rings is 1. The van der Waals surface area contributed by atoms with Crippen molar-refractivity contribution < 1.29 is 4.79 Å². The van der Waals surface area contributed by atoms with Gasteiger partial charge in [0, 0.05) is 15.8 Å². The minimum absolute atomic E-state index is 0.159. The molecule has 0 radical (unpaired) electrons. The summed E-state index contributed by atoms with van der Waals surface area (Å²) in [7, 11) is 0. The Morgan fingerprint density at radius 3 is 2.65 bits per heavy atom. The van der Waals surface area contributed by atoms with Gasteiger partial charge in [0.15, 0.2) is 5.13 Å². The third-order valence-electron chi connectivity index (χ3n) is 2.09. The fourth-order valence-electron chi connectivity index (χ4n) is 1.27. The molecule has 0 fully saturated rings. The van der Waals surface area contributed by atoms with E-state index in [0.29, 0.717) is 10.7 Å². The van der Waals surface area contributed by atoms with E-state index < -0.39 is 0 Å². The standard InChI is InChI=1S/C11H11N3OS2/c1-7-6-16-11(13-7)14-10(15)8-2-4-9(17-12)5-3-8/h2-6H,12H2,1H3,(H,13,14,15). The predicted octanol–water partition coefficient (Wildman–Crippen LogP) is 2.67. The lowest BCUT2D eigenvalue weighted by atomic mass is 10.2. The summed E-state index contributed by atoms with van der Waals surface area (Å²) in [6, 6.07) is 7.11. The van der Waals surface area contributed by atoms with E-state index in [0.717, 1.165) is 22.5 Å². The maximum atomic E-state index is 11.8. The zero-order valence-corrected chi connectivity index (χ0v) is 10.8. The zero-order valence-electron chi connectivity index (χ0n) is 9.14. The number of aryl methyl sites for hydroxylation is 1. The molecule has 0 saturated heterocycles. The molecular formula is C11H11N3OS2. The van der Waals surface area contributed by atoms with E-state index in [1.165, 1.54) is 11.3 Å². The Kier molecular flexibility index (Phi) is 3.78. The molecule has 4 nitrogen and oxygen atoms in total. The van der Waals surface area contributed by atoms with Crippen LogP contribution < -0.4 is 10.5 Å². The molecule has 0 unspecified atom stereocenters. The van der Waals surface area contributed by atoms with Gasteiger partial charge in [-0.2, -0.15) is 0 Å². The fraction of sp³-hybridized carbons (Fsp3) is 0.0909. The fourth-order valence-corrected chi connectivity index (χ4v) is 2.24. The van der Waals surface area contributed by atoms with Crippen LogP contribution in [0.5, 0.6) is 0 Å². The number of amides is 1. The molecule has 0 aliphatic heterocycles. The van der Waals surface area contributed by atoms with Gasteiger partial charge in [-0.3, -0.25) is 15.3 Å². The number of anilines is 1. The van der Waals surface area contributed by atoms with Crippen LogP contribution >= 0.6 is 23.3 Å². The Labute approximate surface area is 107 Å². The van der Waals surface area contributed by atoms with Gasteiger partial charge in [0.1, 0.15) is 0 Å². The van der Waals surface area contributed by atoms with E-state index in [1.54, 1.807) is 12.1 Å². The molecule has 0 spiro atoms. The normalized spacial score (nSPS) is 10.2. The summed E-state index contributed by atoms with van der Waals surface area (Å²) in [5.41, 5.74) is 1.50. The molecule has 3 N–H and O–H groups in total. The van der Waals surface area contributed by atoms with Crippen LogP contribution in [0, 0.1) is 6.92 Å². The van der Waals surface area contributed by atoms with Crippen LogP contribution in [0.4, 0.5) is 5.13 Å². The minimum atomic E-state index is -0.159. The van der Waals surface area contributed by atoms with Crippen LogP contribution in [0.1, 0.15) is 16.1 Å². The highest BCUT2D eigenvalue weighted by Crippen LogP contribution is 2.17. The molecule has 0 bridgehead atoms. The zero-order chi connectivity index (χ0) is 12.3. The summed E-state index contributed by atoms with van der Waals surface area (Å²) in [5, 5.41) is 10.7. The van der Waals surface area contributed by atoms with Crippen LogP contribution in [0.2, 0.25) is 0 Å². The maximum absolute atomic E-state index is 11.8. The molecule has 0 aliphatic rings. The van der Waals surface area contributed by atoms with E-state index in [1.807, 2.05) is 24.4 Å². The Bertz CT molecular complexity index is 522. The minimum Gasteiger partial charge on any atom is -0.298 e. The maximum Gasteiger partial charge on any atom is 0.257 e. The number of rotatable bonds is 3. The second-order valence-corrected chi connectivity index (χ2v) is 4.96. The largest absolute Gasteiger partial charge is 0.298 e. The average molecular weight is 265 g/mol. The first-order valence-corrected chi connectivity index (χ1v) is 6.65. The number of nitrogens with one attached hydrogen (secondary N) is 1. The highest BCUT2D eigenvalue weighted by Gasteiger charge is 2.07. The second kappa shape index (κ2) is 5.31. The van der Waals surface area contributed by atoms with Crippen molar-refractivity contribution in [2.45, 2.75) is 11.8 Å². The van der Waals surface area contributed by atoms with Crippen molar-refractivity contribution >= 4 is 34.3 Å². The number of nitrogens with zero attached hydrogens (tertiary/aromatic N) is 1. The van der Waals surface area contributed by atoms with E-state index >= 15 is 0 Å². The smallest absolute Gasteiger partial charge is 0.257 e. The molecule has 1 aromatic carbocycles. The number of carbonyl (C=O) groups is 1. The number of nitrogens with two attached hydrogens (primary N) is 1. The van der Waals surface area contributed by atoms with Crippen molar-refractivity contribution in [2.24, 2.45) is 5.14 Å². The molecule has 0 saturated carbocycles. The van der Waals surface area contributed by atoms with Gasteiger partial charge in [-0.25, -0.2) is 4.98 Å². The van der Waals surface area contributed by atoms with Crippen molar-refractivity contribution in [1.82, 2.24) is 4.98 Å². The third kappa shape index (κ3) is 3.06. The van der Waals surface area contributed by atoms with Gasteiger partial charge in [0.05, 0.1) is 5.69 Å². The van der Waals surface area contributed by atoms with Crippen molar-refractivity contribution in [2.75, 3.05) is 5.32 Å². The second-order valence-electron chi connectivity index (χ2n) is 3.39. The number of aromatic nitrogens is 1. The van der Waals surface area contributed by atoms with Crippen molar-refractivity contribution in [3.05, 3.63) is 40.9 Å². The molecular weight excluding hydrogens is 254 g/mol. The Morgan fingerprint density at radius 2 is 2.12 bits per heavy atom. The summed E-state index contributed by atoms with van der Waals surface area (Å²) >= 11 is 2.57. The molecule has 2 rings (SSSR count). The number of carbonyl (C=O) groups excluding carboxylic acids is 1. The van der Waals surface area contributed by atoms with Crippen molar-refractivity contribution in [3.63, 3.8) is 0 Å². The van der Waals surface area contributed by atoms with Crippen LogP contribution in [0.15, 0.2) is 34.5 Å². The van der Waals surface area contributed by atoms with Gasteiger partial charge in [-0.05, 0) is 43.1 Å². The van der Waals surface area contributed by atoms with E-state index in [4.69, 9.17) is 5.14 Å². The van der Waals surface area contributed by atoms with E-state index in [2.05, 4.69) is 10.3 Å². The lowest BCUT2D eigenvalue weighted by molar-refractivity contribution is 0.102. The molecule has 1 aromatic heterocycles. The first-order chi connectivity index (χ1) is 8.19. The van der Waals surface area contributed by atoms with Crippen LogP contribution in [-0.2, 0) is 0 Å². The molecule has 17 heavy (non-hydrogen) atoms. The molecule has 1 amide bonds. The highest BCUT2D eigenvalue weighted by atomic mass is 32.2. The highest BCUT2D eigenvalue weighted by molar-refractivity contribution is 7.97. The SMILES string of the molecule is Cc1csc(NC(=O)c2ccc(SN)cc2)n1. The lowest BCUT2D eigenvalue weighted by Gasteiger charge is -2.02. The number of hydrogen-bond acceptors (Lipinski definition) is 5. The Hall–Kier alpha value is -1.37. The quantitative estimate of drug-likeness (QED) is 0.837. The summed E-state index contributed by atoms with van der Waals surface area (Å²) in [4.78, 5) is 16.9. The Balaban J connectivity index is 2.09. The number of benzene rings is 1. The monoisotopic (exact) mass is 265 g/mol. The molecule has 88 valence electrons. The lowest BCUT2D eigenvalue weighted by Crippen LogP contribution is -2.11. The summed E-state index contributed by atoms with van der Waals surface area (Å²) < 4.78 is 0. The van der Waals surface area contributed by atoms with Gasteiger partial charge in [-0.15, -0.1) is 11.3 Å². The number of hydrogen-bond donors (Lipinski definition) is 2.